The van der Waals surface area contributed by atoms with Crippen LogP contribution in [0.5, 0.6) is 0 Å². The van der Waals surface area contributed by atoms with E-state index in [1.54, 1.807) is 16.8 Å². The highest BCUT2D eigenvalue weighted by Crippen LogP contribution is 2.26. The number of nitro benzene ring substituents is 1. The Morgan fingerprint density at radius 1 is 1.18 bits per heavy atom. The standard InChI is InChI=1S/C16H15N3O3/c1-10-7-14-15(9-20)17-18(16(14)8-11(10)2)12-3-5-13(6-4-12)19(21)22/h3-8,20H,9H2,1-2H3. The van der Waals surface area contributed by atoms with Gasteiger partial charge in [-0.15, -0.1) is 0 Å². The molecule has 0 aliphatic heterocycles. The second-order valence-corrected chi connectivity index (χ2v) is 5.24. The Morgan fingerprint density at radius 2 is 1.82 bits per heavy atom. The molecule has 6 heteroatoms. The van der Waals surface area contributed by atoms with Crippen molar-refractivity contribution < 1.29 is 10.0 Å². The van der Waals surface area contributed by atoms with E-state index >= 15 is 0 Å². The summed E-state index contributed by atoms with van der Waals surface area (Å²) in [7, 11) is 0. The predicted octanol–water partition coefficient (Wildman–Crippen LogP) is 3.04. The van der Waals surface area contributed by atoms with Crippen molar-refractivity contribution in [3.8, 4) is 5.69 Å². The molecule has 1 aromatic heterocycles. The number of fused-ring (bicyclic) bond motifs is 1. The van der Waals surface area contributed by atoms with Crippen molar-refractivity contribution in [2.75, 3.05) is 0 Å². The molecule has 0 aliphatic rings. The van der Waals surface area contributed by atoms with E-state index in [1.807, 2.05) is 26.0 Å². The van der Waals surface area contributed by atoms with Gasteiger partial charge in [0, 0.05) is 17.5 Å². The normalized spacial score (nSPS) is 11.0. The Labute approximate surface area is 126 Å². The molecule has 0 spiro atoms. The molecule has 0 atom stereocenters. The molecule has 0 saturated heterocycles. The van der Waals surface area contributed by atoms with Crippen LogP contribution < -0.4 is 0 Å². The summed E-state index contributed by atoms with van der Waals surface area (Å²) < 4.78 is 1.71. The van der Waals surface area contributed by atoms with E-state index in [2.05, 4.69) is 5.10 Å². The van der Waals surface area contributed by atoms with Gasteiger partial charge in [0.1, 0.15) is 0 Å². The second kappa shape index (κ2) is 5.23. The lowest BCUT2D eigenvalue weighted by molar-refractivity contribution is -0.384. The smallest absolute Gasteiger partial charge is 0.269 e. The number of non-ortho nitro benzene ring substituents is 1. The minimum atomic E-state index is -0.433. The maximum Gasteiger partial charge on any atom is 0.269 e. The molecule has 112 valence electrons. The second-order valence-electron chi connectivity index (χ2n) is 5.24. The SMILES string of the molecule is Cc1cc2c(CO)nn(-c3ccc([N+](=O)[O-])cc3)c2cc1C. The molecule has 0 amide bonds. The first kappa shape index (κ1) is 14.2. The fraction of sp³-hybridized carbons (Fsp3) is 0.188. The van der Waals surface area contributed by atoms with Crippen molar-refractivity contribution in [2.24, 2.45) is 0 Å². The Morgan fingerprint density at radius 3 is 2.41 bits per heavy atom. The van der Waals surface area contributed by atoms with Gasteiger partial charge in [0.25, 0.3) is 5.69 Å². The number of aryl methyl sites for hydroxylation is 2. The highest BCUT2D eigenvalue weighted by Gasteiger charge is 2.13. The van der Waals surface area contributed by atoms with Crippen LogP contribution in [-0.2, 0) is 6.61 Å². The first-order chi connectivity index (χ1) is 10.5. The summed E-state index contributed by atoms with van der Waals surface area (Å²) >= 11 is 0. The third-order valence-corrected chi connectivity index (χ3v) is 3.83. The van der Waals surface area contributed by atoms with Crippen molar-refractivity contribution in [1.82, 2.24) is 9.78 Å². The lowest BCUT2D eigenvalue weighted by atomic mass is 10.1. The van der Waals surface area contributed by atoms with E-state index in [1.165, 1.54) is 12.1 Å². The molecule has 0 fully saturated rings. The van der Waals surface area contributed by atoms with Crippen LogP contribution in [0.15, 0.2) is 36.4 Å². The van der Waals surface area contributed by atoms with Gasteiger partial charge < -0.3 is 5.11 Å². The van der Waals surface area contributed by atoms with Gasteiger partial charge in [-0.1, -0.05) is 0 Å². The highest BCUT2D eigenvalue weighted by molar-refractivity contribution is 5.85. The number of hydrogen-bond donors (Lipinski definition) is 1. The number of aromatic nitrogens is 2. The summed E-state index contributed by atoms with van der Waals surface area (Å²) in [5, 5.41) is 25.6. The van der Waals surface area contributed by atoms with Crippen LogP contribution >= 0.6 is 0 Å². The van der Waals surface area contributed by atoms with E-state index in [0.29, 0.717) is 5.69 Å². The fourth-order valence-electron chi connectivity index (χ4n) is 2.46. The van der Waals surface area contributed by atoms with Gasteiger partial charge in [-0.3, -0.25) is 10.1 Å². The van der Waals surface area contributed by atoms with Crippen LogP contribution in [0.1, 0.15) is 16.8 Å². The molecule has 0 unspecified atom stereocenters. The maximum atomic E-state index is 10.7. The summed E-state index contributed by atoms with van der Waals surface area (Å²) in [4.78, 5) is 10.3. The Bertz CT molecular complexity index is 866. The Balaban J connectivity index is 2.22. The predicted molar refractivity (Wildman–Crippen MR) is 83.1 cm³/mol. The summed E-state index contributed by atoms with van der Waals surface area (Å²) in [6.45, 7) is 3.87. The van der Waals surface area contributed by atoms with Gasteiger partial charge in [-0.05, 0) is 49.2 Å². The van der Waals surface area contributed by atoms with Crippen molar-refractivity contribution in [1.29, 1.82) is 0 Å². The zero-order valence-electron chi connectivity index (χ0n) is 12.3. The maximum absolute atomic E-state index is 10.7. The largest absolute Gasteiger partial charge is 0.390 e. The number of aliphatic hydroxyl groups excluding tert-OH is 1. The lowest BCUT2D eigenvalue weighted by Gasteiger charge is -2.05. The first-order valence-electron chi connectivity index (χ1n) is 6.86. The Kier molecular flexibility index (Phi) is 3.38. The molecule has 3 rings (SSSR count). The zero-order chi connectivity index (χ0) is 15.9. The van der Waals surface area contributed by atoms with Crippen LogP contribution in [0, 0.1) is 24.0 Å². The van der Waals surface area contributed by atoms with Gasteiger partial charge >= 0.3 is 0 Å². The van der Waals surface area contributed by atoms with Crippen molar-refractivity contribution >= 4 is 16.6 Å². The van der Waals surface area contributed by atoms with Crippen molar-refractivity contribution in [3.63, 3.8) is 0 Å². The average molecular weight is 297 g/mol. The zero-order valence-corrected chi connectivity index (χ0v) is 12.3. The number of hydrogen-bond acceptors (Lipinski definition) is 4. The van der Waals surface area contributed by atoms with Gasteiger partial charge in [-0.2, -0.15) is 5.10 Å². The number of benzene rings is 2. The van der Waals surface area contributed by atoms with E-state index in [4.69, 9.17) is 0 Å². The van der Waals surface area contributed by atoms with Crippen LogP contribution in [0.3, 0.4) is 0 Å². The molecular formula is C16H15N3O3. The number of rotatable bonds is 3. The molecule has 6 nitrogen and oxygen atoms in total. The molecule has 0 aliphatic carbocycles. The minimum absolute atomic E-state index is 0.0367. The molecule has 2 aromatic carbocycles. The van der Waals surface area contributed by atoms with Crippen LogP contribution in [0.4, 0.5) is 5.69 Å². The van der Waals surface area contributed by atoms with Crippen LogP contribution in [-0.4, -0.2) is 19.8 Å². The summed E-state index contributed by atoms with van der Waals surface area (Å²) in [6.07, 6.45) is 0. The highest BCUT2D eigenvalue weighted by atomic mass is 16.6. The number of aliphatic hydroxyl groups is 1. The fourth-order valence-corrected chi connectivity index (χ4v) is 2.46. The van der Waals surface area contributed by atoms with Gasteiger partial charge in [0.15, 0.2) is 0 Å². The Hall–Kier alpha value is -2.73. The monoisotopic (exact) mass is 297 g/mol. The molecule has 0 radical (unpaired) electrons. The van der Waals surface area contributed by atoms with E-state index in [9.17, 15) is 15.2 Å². The minimum Gasteiger partial charge on any atom is -0.390 e. The van der Waals surface area contributed by atoms with Crippen LogP contribution in [0.25, 0.3) is 16.6 Å². The molecular weight excluding hydrogens is 282 g/mol. The van der Waals surface area contributed by atoms with E-state index < -0.39 is 4.92 Å². The summed E-state index contributed by atoms with van der Waals surface area (Å²) in [6, 6.07) is 10.2. The van der Waals surface area contributed by atoms with Gasteiger partial charge in [0.05, 0.1) is 28.4 Å². The molecule has 3 aromatic rings. The summed E-state index contributed by atoms with van der Waals surface area (Å²) in [5.74, 6) is 0. The number of nitro groups is 1. The summed E-state index contributed by atoms with van der Waals surface area (Å²) in [5.41, 5.74) is 4.48. The van der Waals surface area contributed by atoms with Crippen molar-refractivity contribution in [3.05, 3.63) is 63.3 Å². The van der Waals surface area contributed by atoms with Crippen molar-refractivity contribution in [2.45, 2.75) is 20.5 Å². The van der Waals surface area contributed by atoms with Crippen LogP contribution in [0.2, 0.25) is 0 Å². The lowest BCUT2D eigenvalue weighted by Crippen LogP contribution is -1.98. The first-order valence-corrected chi connectivity index (χ1v) is 6.86. The van der Waals surface area contributed by atoms with Gasteiger partial charge in [-0.25, -0.2) is 4.68 Å². The third-order valence-electron chi connectivity index (χ3n) is 3.83. The van der Waals surface area contributed by atoms with E-state index in [0.717, 1.165) is 27.7 Å². The number of nitrogens with zero attached hydrogens (tertiary/aromatic N) is 3. The molecule has 1 N–H and O–H groups in total. The molecule has 0 bridgehead atoms. The topological polar surface area (TPSA) is 81.2 Å². The molecule has 22 heavy (non-hydrogen) atoms. The quantitative estimate of drug-likeness (QED) is 0.595. The molecule has 1 heterocycles. The van der Waals surface area contributed by atoms with Gasteiger partial charge in [0.2, 0.25) is 0 Å². The average Bonchev–Trinajstić information content (AvgIpc) is 2.85. The molecule has 0 saturated carbocycles. The third kappa shape index (κ3) is 2.23. The van der Waals surface area contributed by atoms with E-state index in [-0.39, 0.29) is 12.3 Å².